The van der Waals surface area contributed by atoms with E-state index in [1.54, 1.807) is 32.5 Å². The smallest absolute Gasteiger partial charge is 0.255 e. The number of carbonyl (C=O) groups excluding carboxylic acids is 1. The quantitative estimate of drug-likeness (QED) is 0.576. The summed E-state index contributed by atoms with van der Waals surface area (Å²) < 4.78 is 10.9. The van der Waals surface area contributed by atoms with E-state index in [9.17, 15) is 4.79 Å². The van der Waals surface area contributed by atoms with Gasteiger partial charge in [-0.05, 0) is 60.4 Å². The molecule has 29 heavy (non-hydrogen) atoms. The largest absolute Gasteiger partial charge is 0.496 e. The molecule has 0 aliphatic heterocycles. The molecule has 5 heteroatoms. The molecular weight excluding hydrogens is 364 g/mol. The summed E-state index contributed by atoms with van der Waals surface area (Å²) in [7, 11) is 3.17. The molecule has 0 aliphatic carbocycles. The van der Waals surface area contributed by atoms with Gasteiger partial charge in [-0.25, -0.2) is 0 Å². The average Bonchev–Trinajstić information content (AvgIpc) is 2.78. The molecule has 1 unspecified atom stereocenters. The Hall–Kier alpha value is -3.34. The number of pyridine rings is 1. The maximum atomic E-state index is 12.7. The van der Waals surface area contributed by atoms with Crippen molar-refractivity contribution in [2.24, 2.45) is 0 Å². The van der Waals surface area contributed by atoms with Crippen LogP contribution in [0, 0.1) is 0 Å². The van der Waals surface area contributed by atoms with Crippen LogP contribution in [0.1, 0.15) is 42.1 Å². The standard InChI is InChI=1S/C24H26N2O3/c1-5-16(2)17-8-11-19(12-9-17)26-24(27)18-10-13-20(22(15-18)29-4)23-21(28-3)7-6-14-25-23/h6-16H,5H2,1-4H3,(H,26,27). The Morgan fingerprint density at radius 3 is 2.41 bits per heavy atom. The van der Waals surface area contributed by atoms with Crippen LogP contribution in [0.5, 0.6) is 11.5 Å². The molecule has 0 spiro atoms. The van der Waals surface area contributed by atoms with Crippen LogP contribution >= 0.6 is 0 Å². The van der Waals surface area contributed by atoms with Crippen LogP contribution in [-0.4, -0.2) is 25.1 Å². The van der Waals surface area contributed by atoms with E-state index in [-0.39, 0.29) is 5.91 Å². The van der Waals surface area contributed by atoms with Crippen LogP contribution in [-0.2, 0) is 0 Å². The van der Waals surface area contributed by atoms with Crippen LogP contribution in [0.25, 0.3) is 11.3 Å². The number of hydrogen-bond acceptors (Lipinski definition) is 4. The van der Waals surface area contributed by atoms with Gasteiger partial charge in [0.1, 0.15) is 17.2 Å². The highest BCUT2D eigenvalue weighted by Crippen LogP contribution is 2.35. The lowest BCUT2D eigenvalue weighted by atomic mass is 9.98. The van der Waals surface area contributed by atoms with Crippen LogP contribution < -0.4 is 14.8 Å². The van der Waals surface area contributed by atoms with Gasteiger partial charge in [-0.2, -0.15) is 0 Å². The Morgan fingerprint density at radius 1 is 1.03 bits per heavy atom. The van der Waals surface area contributed by atoms with Gasteiger partial charge in [0.25, 0.3) is 5.91 Å². The van der Waals surface area contributed by atoms with Gasteiger partial charge in [0.05, 0.1) is 14.2 Å². The lowest BCUT2D eigenvalue weighted by Gasteiger charge is -2.13. The Morgan fingerprint density at radius 2 is 1.76 bits per heavy atom. The minimum absolute atomic E-state index is 0.195. The monoisotopic (exact) mass is 390 g/mol. The van der Waals surface area contributed by atoms with E-state index in [1.807, 2.05) is 30.3 Å². The highest BCUT2D eigenvalue weighted by molar-refractivity contribution is 6.05. The summed E-state index contributed by atoms with van der Waals surface area (Å²) in [6.07, 6.45) is 2.78. The Labute approximate surface area is 171 Å². The fraction of sp³-hybridized carbons (Fsp3) is 0.250. The molecule has 0 fully saturated rings. The fourth-order valence-corrected chi connectivity index (χ4v) is 3.12. The predicted octanol–water partition coefficient (Wildman–Crippen LogP) is 5.53. The zero-order chi connectivity index (χ0) is 20.8. The molecule has 1 heterocycles. The molecule has 1 atom stereocenters. The number of methoxy groups -OCH3 is 2. The predicted molar refractivity (Wildman–Crippen MR) is 116 cm³/mol. The van der Waals surface area contributed by atoms with E-state index in [1.165, 1.54) is 5.56 Å². The van der Waals surface area contributed by atoms with Gasteiger partial charge in [0.15, 0.2) is 0 Å². The van der Waals surface area contributed by atoms with Crippen molar-refractivity contribution in [1.29, 1.82) is 0 Å². The zero-order valence-electron chi connectivity index (χ0n) is 17.2. The summed E-state index contributed by atoms with van der Waals surface area (Å²) in [5.74, 6) is 1.51. The summed E-state index contributed by atoms with van der Waals surface area (Å²) in [5, 5.41) is 2.94. The highest BCUT2D eigenvalue weighted by Gasteiger charge is 2.15. The second-order valence-corrected chi connectivity index (χ2v) is 6.85. The van der Waals surface area contributed by atoms with E-state index in [4.69, 9.17) is 9.47 Å². The van der Waals surface area contributed by atoms with Crippen LogP contribution in [0.3, 0.4) is 0 Å². The normalized spacial score (nSPS) is 11.6. The first-order valence-electron chi connectivity index (χ1n) is 9.66. The third-order valence-electron chi connectivity index (χ3n) is 5.06. The number of carbonyl (C=O) groups is 1. The Kier molecular flexibility index (Phi) is 6.50. The van der Waals surface area contributed by atoms with Crippen LogP contribution in [0.15, 0.2) is 60.8 Å². The summed E-state index contributed by atoms with van der Waals surface area (Å²) >= 11 is 0. The number of benzene rings is 2. The Balaban J connectivity index is 1.83. The number of amides is 1. The first kappa shape index (κ1) is 20.4. The van der Waals surface area contributed by atoms with E-state index < -0.39 is 0 Å². The molecular formula is C24H26N2O3. The number of hydrogen-bond donors (Lipinski definition) is 1. The van der Waals surface area contributed by atoms with Gasteiger partial charge in [-0.15, -0.1) is 0 Å². The van der Waals surface area contributed by atoms with Gasteiger partial charge in [-0.1, -0.05) is 26.0 Å². The number of rotatable bonds is 7. The summed E-state index contributed by atoms with van der Waals surface area (Å²) in [5.41, 5.74) is 3.96. The lowest BCUT2D eigenvalue weighted by Crippen LogP contribution is -2.12. The molecule has 0 saturated heterocycles. The summed E-state index contributed by atoms with van der Waals surface area (Å²) in [4.78, 5) is 17.1. The molecule has 3 rings (SSSR count). The van der Waals surface area contributed by atoms with E-state index in [0.717, 1.165) is 17.7 Å². The third kappa shape index (κ3) is 4.57. The molecule has 0 bridgehead atoms. The Bertz CT molecular complexity index is 984. The molecule has 1 aromatic heterocycles. The van der Waals surface area contributed by atoms with E-state index in [2.05, 4.69) is 36.3 Å². The highest BCUT2D eigenvalue weighted by atomic mass is 16.5. The lowest BCUT2D eigenvalue weighted by molar-refractivity contribution is 0.102. The second-order valence-electron chi connectivity index (χ2n) is 6.85. The van der Waals surface area contributed by atoms with E-state index in [0.29, 0.717) is 28.7 Å². The first-order valence-corrected chi connectivity index (χ1v) is 9.66. The molecule has 0 aliphatic rings. The third-order valence-corrected chi connectivity index (χ3v) is 5.06. The van der Waals surface area contributed by atoms with Crippen molar-refractivity contribution >= 4 is 11.6 Å². The van der Waals surface area contributed by atoms with Gasteiger partial charge < -0.3 is 14.8 Å². The fourth-order valence-electron chi connectivity index (χ4n) is 3.12. The van der Waals surface area contributed by atoms with Crippen molar-refractivity contribution in [3.63, 3.8) is 0 Å². The molecule has 3 aromatic rings. The number of aromatic nitrogens is 1. The van der Waals surface area contributed by atoms with Gasteiger partial charge in [0.2, 0.25) is 0 Å². The van der Waals surface area contributed by atoms with Crippen molar-refractivity contribution in [3.05, 3.63) is 71.9 Å². The van der Waals surface area contributed by atoms with Gasteiger partial charge in [0, 0.05) is 23.0 Å². The molecule has 1 N–H and O–H groups in total. The SMILES string of the molecule is CCC(C)c1ccc(NC(=O)c2ccc(-c3ncccc3OC)c(OC)c2)cc1. The van der Waals surface area contributed by atoms with Crippen LogP contribution in [0.4, 0.5) is 5.69 Å². The zero-order valence-corrected chi connectivity index (χ0v) is 17.2. The van der Waals surface area contributed by atoms with Crippen LogP contribution in [0.2, 0.25) is 0 Å². The first-order chi connectivity index (χ1) is 14.1. The van der Waals surface area contributed by atoms with Crippen molar-refractivity contribution in [2.45, 2.75) is 26.2 Å². The maximum Gasteiger partial charge on any atom is 0.255 e. The summed E-state index contributed by atoms with van der Waals surface area (Å²) in [6.45, 7) is 4.36. The maximum absolute atomic E-state index is 12.7. The molecule has 1 amide bonds. The van der Waals surface area contributed by atoms with E-state index >= 15 is 0 Å². The number of nitrogens with zero attached hydrogens (tertiary/aromatic N) is 1. The minimum atomic E-state index is -0.195. The molecule has 150 valence electrons. The molecule has 2 aromatic carbocycles. The minimum Gasteiger partial charge on any atom is -0.496 e. The van der Waals surface area contributed by atoms with Gasteiger partial charge in [-0.3, -0.25) is 9.78 Å². The molecule has 0 saturated carbocycles. The van der Waals surface area contributed by atoms with Crippen molar-refractivity contribution in [2.75, 3.05) is 19.5 Å². The van der Waals surface area contributed by atoms with Crippen molar-refractivity contribution in [3.8, 4) is 22.8 Å². The number of anilines is 1. The van der Waals surface area contributed by atoms with Crippen molar-refractivity contribution in [1.82, 2.24) is 4.98 Å². The summed E-state index contributed by atoms with van der Waals surface area (Å²) in [6, 6.07) is 16.9. The molecule has 0 radical (unpaired) electrons. The second kappa shape index (κ2) is 9.24. The van der Waals surface area contributed by atoms with Crippen molar-refractivity contribution < 1.29 is 14.3 Å². The van der Waals surface area contributed by atoms with Gasteiger partial charge >= 0.3 is 0 Å². The topological polar surface area (TPSA) is 60.5 Å². The average molecular weight is 390 g/mol. The number of ether oxygens (including phenoxy) is 2. The molecule has 5 nitrogen and oxygen atoms in total. The number of nitrogens with one attached hydrogen (secondary N) is 1.